The smallest absolute Gasteiger partial charge is 0.358 e. The minimum Gasteiger partial charge on any atom is -0.476 e. The summed E-state index contributed by atoms with van der Waals surface area (Å²) in [6.07, 6.45) is 0.895. The number of benzene rings is 1. The highest BCUT2D eigenvalue weighted by Gasteiger charge is 2.12. The number of nitrogens with zero attached hydrogens (tertiary/aromatic N) is 1. The molecule has 5 heteroatoms. The standard InChI is InChI=1S/C12H10BrNO3/c1-2-7-3-8(5-9(13)4-7)11-6-10(12(15)16)14-17-11/h3-6H,2H2,1H3,(H,15,16). The molecule has 0 aliphatic carbocycles. The van der Waals surface area contributed by atoms with E-state index < -0.39 is 5.97 Å². The molecule has 0 aliphatic rings. The predicted molar refractivity (Wildman–Crippen MR) is 66.0 cm³/mol. The fourth-order valence-electron chi connectivity index (χ4n) is 1.51. The summed E-state index contributed by atoms with van der Waals surface area (Å²) in [6.45, 7) is 2.05. The van der Waals surface area contributed by atoms with Gasteiger partial charge in [0.15, 0.2) is 11.5 Å². The normalized spacial score (nSPS) is 10.5. The molecular formula is C12H10BrNO3. The summed E-state index contributed by atoms with van der Waals surface area (Å²) in [5.41, 5.74) is 1.87. The van der Waals surface area contributed by atoms with Crippen LogP contribution in [0.2, 0.25) is 0 Å². The van der Waals surface area contributed by atoms with Crippen molar-refractivity contribution >= 4 is 21.9 Å². The largest absolute Gasteiger partial charge is 0.476 e. The van der Waals surface area contributed by atoms with Crippen LogP contribution in [0.3, 0.4) is 0 Å². The first-order chi connectivity index (χ1) is 8.10. The lowest BCUT2D eigenvalue weighted by molar-refractivity contribution is 0.0686. The molecule has 0 aliphatic heterocycles. The maximum absolute atomic E-state index is 10.7. The molecule has 0 radical (unpaired) electrons. The zero-order valence-corrected chi connectivity index (χ0v) is 10.7. The van der Waals surface area contributed by atoms with E-state index in [1.807, 2.05) is 18.2 Å². The lowest BCUT2D eigenvalue weighted by Gasteiger charge is -2.01. The highest BCUT2D eigenvalue weighted by molar-refractivity contribution is 9.10. The van der Waals surface area contributed by atoms with E-state index >= 15 is 0 Å². The van der Waals surface area contributed by atoms with Crippen molar-refractivity contribution in [2.45, 2.75) is 13.3 Å². The first-order valence-corrected chi connectivity index (χ1v) is 5.89. The number of carbonyl (C=O) groups is 1. The summed E-state index contributed by atoms with van der Waals surface area (Å²) in [7, 11) is 0. The Morgan fingerprint density at radius 1 is 1.41 bits per heavy atom. The van der Waals surface area contributed by atoms with Crippen LogP contribution in [0, 0.1) is 0 Å². The summed E-state index contributed by atoms with van der Waals surface area (Å²) in [5, 5.41) is 12.3. The van der Waals surface area contributed by atoms with Crippen LogP contribution < -0.4 is 0 Å². The maximum Gasteiger partial charge on any atom is 0.358 e. The summed E-state index contributed by atoms with van der Waals surface area (Å²) in [6, 6.07) is 7.25. The van der Waals surface area contributed by atoms with Gasteiger partial charge in [0.2, 0.25) is 0 Å². The molecule has 0 unspecified atom stereocenters. The van der Waals surface area contributed by atoms with Crippen molar-refractivity contribution in [1.82, 2.24) is 5.16 Å². The molecule has 2 aromatic rings. The Morgan fingerprint density at radius 3 is 2.76 bits per heavy atom. The van der Waals surface area contributed by atoms with Crippen molar-refractivity contribution in [3.05, 3.63) is 40.0 Å². The van der Waals surface area contributed by atoms with E-state index in [1.54, 1.807) is 0 Å². The van der Waals surface area contributed by atoms with E-state index in [4.69, 9.17) is 9.63 Å². The van der Waals surface area contributed by atoms with Gasteiger partial charge in [-0.2, -0.15) is 0 Å². The molecule has 0 spiro atoms. The van der Waals surface area contributed by atoms with Gasteiger partial charge < -0.3 is 9.63 Å². The van der Waals surface area contributed by atoms with Gasteiger partial charge in [-0.15, -0.1) is 0 Å². The van der Waals surface area contributed by atoms with Gasteiger partial charge in [-0.25, -0.2) is 4.79 Å². The Morgan fingerprint density at radius 2 is 2.18 bits per heavy atom. The van der Waals surface area contributed by atoms with Crippen molar-refractivity contribution in [2.75, 3.05) is 0 Å². The Bertz CT molecular complexity index is 563. The van der Waals surface area contributed by atoms with Crippen LogP contribution in [0.4, 0.5) is 0 Å². The Kier molecular flexibility index (Phi) is 3.28. The third-order valence-electron chi connectivity index (χ3n) is 2.38. The highest BCUT2D eigenvalue weighted by atomic mass is 79.9. The van der Waals surface area contributed by atoms with Gasteiger partial charge in [0.05, 0.1) is 0 Å². The van der Waals surface area contributed by atoms with Crippen LogP contribution in [0.5, 0.6) is 0 Å². The molecule has 0 saturated carbocycles. The van der Waals surface area contributed by atoms with Crippen molar-refractivity contribution in [3.8, 4) is 11.3 Å². The number of aryl methyl sites for hydroxylation is 1. The molecule has 1 heterocycles. The molecule has 0 saturated heterocycles. The minimum atomic E-state index is -1.09. The quantitative estimate of drug-likeness (QED) is 0.943. The average Bonchev–Trinajstić information content (AvgIpc) is 2.77. The van der Waals surface area contributed by atoms with Crippen LogP contribution in [-0.2, 0) is 6.42 Å². The number of carboxylic acids is 1. The maximum atomic E-state index is 10.7. The van der Waals surface area contributed by atoms with Crippen LogP contribution in [0.25, 0.3) is 11.3 Å². The third-order valence-corrected chi connectivity index (χ3v) is 2.84. The summed E-state index contributed by atoms with van der Waals surface area (Å²) < 4.78 is 5.95. The molecule has 1 aromatic heterocycles. The first kappa shape index (κ1) is 11.9. The lowest BCUT2D eigenvalue weighted by atomic mass is 10.1. The topological polar surface area (TPSA) is 63.3 Å². The van der Waals surface area contributed by atoms with Crippen molar-refractivity contribution in [2.24, 2.45) is 0 Å². The van der Waals surface area contributed by atoms with E-state index in [0.29, 0.717) is 5.76 Å². The SMILES string of the molecule is CCc1cc(Br)cc(-c2cc(C(=O)O)no2)c1. The van der Waals surface area contributed by atoms with Crippen LogP contribution >= 0.6 is 15.9 Å². The van der Waals surface area contributed by atoms with Crippen LogP contribution in [0.1, 0.15) is 23.0 Å². The number of rotatable bonds is 3. The molecule has 17 heavy (non-hydrogen) atoms. The van der Waals surface area contributed by atoms with Crippen LogP contribution in [0.15, 0.2) is 33.3 Å². The number of hydrogen-bond donors (Lipinski definition) is 1. The van der Waals surface area contributed by atoms with E-state index in [9.17, 15) is 4.79 Å². The second-order valence-corrected chi connectivity index (χ2v) is 4.50. The van der Waals surface area contributed by atoms with Crippen molar-refractivity contribution in [3.63, 3.8) is 0 Å². The summed E-state index contributed by atoms with van der Waals surface area (Å²) >= 11 is 3.41. The number of aromatic carboxylic acids is 1. The van der Waals surface area contributed by atoms with Gasteiger partial charge in [-0.3, -0.25) is 0 Å². The second-order valence-electron chi connectivity index (χ2n) is 3.58. The fraction of sp³-hybridized carbons (Fsp3) is 0.167. The van der Waals surface area contributed by atoms with E-state index in [1.165, 1.54) is 6.07 Å². The molecule has 0 atom stereocenters. The number of carboxylic acid groups (broad SMARTS) is 1. The van der Waals surface area contributed by atoms with Gasteiger partial charge in [-0.1, -0.05) is 28.0 Å². The molecule has 0 bridgehead atoms. The monoisotopic (exact) mass is 295 g/mol. The molecule has 1 N–H and O–H groups in total. The van der Waals surface area contributed by atoms with Gasteiger partial charge in [0.1, 0.15) is 0 Å². The Balaban J connectivity index is 2.44. The number of aromatic nitrogens is 1. The lowest BCUT2D eigenvalue weighted by Crippen LogP contribution is -1.94. The van der Waals surface area contributed by atoms with Gasteiger partial charge in [-0.05, 0) is 30.2 Å². The van der Waals surface area contributed by atoms with Crippen molar-refractivity contribution < 1.29 is 14.4 Å². The molecule has 4 nitrogen and oxygen atoms in total. The first-order valence-electron chi connectivity index (χ1n) is 5.10. The van der Waals surface area contributed by atoms with E-state index in [2.05, 4.69) is 28.0 Å². The Labute approximate surface area is 106 Å². The number of halogens is 1. The zero-order chi connectivity index (χ0) is 12.4. The molecule has 2 rings (SSSR count). The highest BCUT2D eigenvalue weighted by Crippen LogP contribution is 2.26. The number of hydrogen-bond acceptors (Lipinski definition) is 3. The molecule has 88 valence electrons. The zero-order valence-electron chi connectivity index (χ0n) is 9.11. The Hall–Kier alpha value is -1.62. The van der Waals surface area contributed by atoms with Gasteiger partial charge >= 0.3 is 5.97 Å². The van der Waals surface area contributed by atoms with Gasteiger partial charge in [0.25, 0.3) is 0 Å². The fourth-order valence-corrected chi connectivity index (χ4v) is 2.05. The summed E-state index contributed by atoms with van der Waals surface area (Å²) in [4.78, 5) is 10.7. The van der Waals surface area contributed by atoms with E-state index in [-0.39, 0.29) is 5.69 Å². The molecule has 0 fully saturated rings. The molecule has 0 amide bonds. The van der Waals surface area contributed by atoms with E-state index in [0.717, 1.165) is 22.0 Å². The third kappa shape index (κ3) is 2.55. The average molecular weight is 296 g/mol. The van der Waals surface area contributed by atoms with Crippen molar-refractivity contribution in [1.29, 1.82) is 0 Å². The molecule has 1 aromatic carbocycles. The van der Waals surface area contributed by atoms with Crippen LogP contribution in [-0.4, -0.2) is 16.2 Å². The molecular weight excluding hydrogens is 286 g/mol. The predicted octanol–water partition coefficient (Wildman–Crippen LogP) is 3.36. The summed E-state index contributed by atoms with van der Waals surface area (Å²) in [5.74, 6) is -0.635. The minimum absolute atomic E-state index is 0.0852. The second kappa shape index (κ2) is 4.71. The van der Waals surface area contributed by atoms with Gasteiger partial charge in [0, 0.05) is 16.1 Å².